The molecule has 0 aromatic rings. The van der Waals surface area contributed by atoms with E-state index in [9.17, 15) is 0 Å². The third-order valence-electron chi connectivity index (χ3n) is 2.88. The lowest BCUT2D eigenvalue weighted by molar-refractivity contribution is 0.238. The van der Waals surface area contributed by atoms with Crippen molar-refractivity contribution in [3.63, 3.8) is 0 Å². The number of allylic oxidation sites excluding steroid dienone is 2. The minimum absolute atomic E-state index is 0.0936. The van der Waals surface area contributed by atoms with Gasteiger partial charge in [0.05, 0.1) is 5.54 Å². The summed E-state index contributed by atoms with van der Waals surface area (Å²) in [6.07, 6.45) is 10.1. The van der Waals surface area contributed by atoms with Crippen LogP contribution in [0.15, 0.2) is 24.4 Å². The van der Waals surface area contributed by atoms with Crippen molar-refractivity contribution in [2.75, 3.05) is 12.4 Å². The quantitative estimate of drug-likeness (QED) is 0.524. The van der Waals surface area contributed by atoms with E-state index in [-0.39, 0.29) is 11.0 Å². The predicted molar refractivity (Wildman–Crippen MR) is 68.2 cm³/mol. The second-order valence-electron chi connectivity index (χ2n) is 5.36. The zero-order valence-electron chi connectivity index (χ0n) is 10.3. The zero-order valence-corrected chi connectivity index (χ0v) is 11.0. The molecule has 0 aromatic carbocycles. The average Bonchev–Trinajstić information content (AvgIpc) is 2.23. The van der Waals surface area contributed by atoms with Crippen LogP contribution < -0.4 is 0 Å². The summed E-state index contributed by atoms with van der Waals surface area (Å²) in [4.78, 5) is 2.36. The van der Waals surface area contributed by atoms with Gasteiger partial charge in [0.25, 0.3) is 0 Å². The number of alkyl halides is 1. The summed E-state index contributed by atoms with van der Waals surface area (Å²) in [5.41, 5.74) is 0.253. The molecule has 0 saturated heterocycles. The van der Waals surface area contributed by atoms with E-state index < -0.39 is 0 Å². The van der Waals surface area contributed by atoms with Crippen molar-refractivity contribution in [3.05, 3.63) is 24.4 Å². The molecule has 1 aliphatic rings. The van der Waals surface area contributed by atoms with Crippen LogP contribution in [0.1, 0.15) is 34.1 Å². The molecule has 0 radical (unpaired) electrons. The van der Waals surface area contributed by atoms with Gasteiger partial charge in [-0.15, -0.1) is 11.6 Å². The molecule has 0 N–H and O–H groups in total. The Morgan fingerprint density at radius 3 is 2.33 bits per heavy atom. The van der Waals surface area contributed by atoms with Crippen molar-refractivity contribution in [1.82, 2.24) is 4.90 Å². The van der Waals surface area contributed by atoms with Crippen LogP contribution in [0, 0.1) is 5.41 Å². The lowest BCUT2D eigenvalue weighted by Crippen LogP contribution is -2.38. The second-order valence-corrected chi connectivity index (χ2v) is 5.74. The molecular weight excluding hydrogens is 206 g/mol. The number of hydrogen-bond acceptors (Lipinski definition) is 1. The first-order valence-corrected chi connectivity index (χ1v) is 6.13. The first kappa shape index (κ1) is 12.6. The molecule has 0 fully saturated rings. The van der Waals surface area contributed by atoms with E-state index in [4.69, 9.17) is 11.6 Å². The summed E-state index contributed by atoms with van der Waals surface area (Å²) in [5, 5.41) is 0. The molecule has 2 heteroatoms. The Bertz CT molecular complexity index is 264. The Hall–Kier alpha value is -0.430. The normalized spacial score (nSPS) is 22.9. The standard InChI is InChI=1S/C13H22ClN/c1-12(2)6-7-13(3,4)15(11-8-12)10-5-9-14/h6-8,11H,5,9-10H2,1-4H3. The van der Waals surface area contributed by atoms with E-state index in [0.29, 0.717) is 0 Å². The lowest BCUT2D eigenvalue weighted by atomic mass is 9.92. The van der Waals surface area contributed by atoms with Crippen molar-refractivity contribution in [1.29, 1.82) is 0 Å². The number of rotatable bonds is 3. The van der Waals surface area contributed by atoms with Gasteiger partial charge in [-0.3, -0.25) is 0 Å². The van der Waals surface area contributed by atoms with Gasteiger partial charge in [0.15, 0.2) is 0 Å². The van der Waals surface area contributed by atoms with Crippen molar-refractivity contribution in [3.8, 4) is 0 Å². The van der Waals surface area contributed by atoms with Crippen LogP contribution in [-0.2, 0) is 0 Å². The fourth-order valence-electron chi connectivity index (χ4n) is 1.64. The van der Waals surface area contributed by atoms with E-state index in [1.54, 1.807) is 0 Å². The molecule has 0 unspecified atom stereocenters. The molecule has 0 atom stereocenters. The predicted octanol–water partition coefficient (Wildman–Crippen LogP) is 3.81. The highest BCUT2D eigenvalue weighted by Gasteiger charge is 2.25. The Balaban J connectivity index is 2.82. The highest BCUT2D eigenvalue weighted by atomic mass is 35.5. The zero-order chi connectivity index (χ0) is 11.5. The average molecular weight is 228 g/mol. The molecule has 0 spiro atoms. The van der Waals surface area contributed by atoms with E-state index >= 15 is 0 Å². The summed E-state index contributed by atoms with van der Waals surface area (Å²) in [6.45, 7) is 9.95. The van der Waals surface area contributed by atoms with Crippen molar-refractivity contribution in [2.45, 2.75) is 39.7 Å². The van der Waals surface area contributed by atoms with Gasteiger partial charge in [-0.05, 0) is 26.5 Å². The molecular formula is C13H22ClN. The van der Waals surface area contributed by atoms with Gasteiger partial charge >= 0.3 is 0 Å². The van der Waals surface area contributed by atoms with Crippen molar-refractivity contribution >= 4 is 11.6 Å². The van der Waals surface area contributed by atoms with Gasteiger partial charge in [-0.1, -0.05) is 32.1 Å². The second kappa shape index (κ2) is 4.61. The molecule has 1 rings (SSSR count). The van der Waals surface area contributed by atoms with Gasteiger partial charge in [-0.25, -0.2) is 0 Å². The molecule has 15 heavy (non-hydrogen) atoms. The Morgan fingerprint density at radius 1 is 1.07 bits per heavy atom. The van der Waals surface area contributed by atoms with Crippen LogP contribution in [0.2, 0.25) is 0 Å². The summed E-state index contributed by atoms with van der Waals surface area (Å²) in [5.74, 6) is 0.730. The lowest BCUT2D eigenvalue weighted by Gasteiger charge is -2.35. The van der Waals surface area contributed by atoms with Crippen LogP contribution in [-0.4, -0.2) is 22.9 Å². The van der Waals surface area contributed by atoms with Crippen LogP contribution in [0.4, 0.5) is 0 Å². The van der Waals surface area contributed by atoms with E-state index in [1.165, 1.54) is 0 Å². The monoisotopic (exact) mass is 227 g/mol. The van der Waals surface area contributed by atoms with Crippen molar-refractivity contribution in [2.24, 2.45) is 5.41 Å². The van der Waals surface area contributed by atoms with Crippen LogP contribution in [0.5, 0.6) is 0 Å². The Kier molecular flexibility index (Phi) is 3.88. The van der Waals surface area contributed by atoms with Crippen LogP contribution >= 0.6 is 11.6 Å². The molecule has 1 nitrogen and oxygen atoms in total. The first-order chi connectivity index (χ1) is 6.87. The highest BCUT2D eigenvalue weighted by molar-refractivity contribution is 6.17. The Labute approximate surface area is 98.8 Å². The first-order valence-electron chi connectivity index (χ1n) is 5.60. The minimum atomic E-state index is 0.0936. The van der Waals surface area contributed by atoms with Gasteiger partial charge in [0.2, 0.25) is 0 Å². The summed E-state index contributed by atoms with van der Waals surface area (Å²) >= 11 is 5.74. The highest BCUT2D eigenvalue weighted by Crippen LogP contribution is 2.28. The minimum Gasteiger partial charge on any atom is -0.369 e. The topological polar surface area (TPSA) is 3.24 Å². The smallest absolute Gasteiger partial charge is 0.0523 e. The van der Waals surface area contributed by atoms with Gasteiger partial charge in [0.1, 0.15) is 0 Å². The molecule has 0 amide bonds. The molecule has 0 aliphatic carbocycles. The fraction of sp³-hybridized carbons (Fsp3) is 0.692. The molecule has 1 heterocycles. The summed E-state index contributed by atoms with van der Waals surface area (Å²) in [7, 11) is 0. The molecule has 86 valence electrons. The molecule has 1 aliphatic heterocycles. The molecule has 0 saturated carbocycles. The molecule has 0 bridgehead atoms. The maximum absolute atomic E-state index is 5.74. The third kappa shape index (κ3) is 3.57. The summed E-state index contributed by atoms with van der Waals surface area (Å²) < 4.78 is 0. The summed E-state index contributed by atoms with van der Waals surface area (Å²) in [6, 6.07) is 0. The number of nitrogens with zero attached hydrogens (tertiary/aromatic N) is 1. The van der Waals surface area contributed by atoms with Gasteiger partial charge in [-0.2, -0.15) is 0 Å². The van der Waals surface area contributed by atoms with Crippen LogP contribution in [0.25, 0.3) is 0 Å². The van der Waals surface area contributed by atoms with E-state index in [1.807, 2.05) is 0 Å². The van der Waals surface area contributed by atoms with E-state index in [2.05, 4.69) is 57.0 Å². The number of halogens is 1. The van der Waals surface area contributed by atoms with Gasteiger partial charge in [0, 0.05) is 17.8 Å². The maximum Gasteiger partial charge on any atom is 0.0523 e. The molecule has 0 aromatic heterocycles. The number of hydrogen-bond donors (Lipinski definition) is 0. The Morgan fingerprint density at radius 2 is 1.73 bits per heavy atom. The fourth-order valence-corrected chi connectivity index (χ4v) is 1.76. The largest absolute Gasteiger partial charge is 0.369 e. The third-order valence-corrected chi connectivity index (χ3v) is 3.14. The SMILES string of the molecule is CC1(C)C=CN(CCCCl)C(C)(C)C=C1. The maximum atomic E-state index is 5.74. The van der Waals surface area contributed by atoms with Crippen molar-refractivity contribution < 1.29 is 0 Å². The van der Waals surface area contributed by atoms with Crippen LogP contribution in [0.3, 0.4) is 0 Å². The van der Waals surface area contributed by atoms with Gasteiger partial charge < -0.3 is 4.90 Å². The van der Waals surface area contributed by atoms with E-state index in [0.717, 1.165) is 18.8 Å².